The minimum Gasteiger partial charge on any atom is -0.391 e. The summed E-state index contributed by atoms with van der Waals surface area (Å²) in [4.78, 5) is 15.8. The van der Waals surface area contributed by atoms with E-state index in [1.807, 2.05) is 4.90 Å². The molecule has 1 aliphatic heterocycles. The molecular weight excluding hydrogens is 212 g/mol. The third-order valence-electron chi connectivity index (χ3n) is 2.57. The van der Waals surface area contributed by atoms with Crippen molar-refractivity contribution in [3.63, 3.8) is 0 Å². The van der Waals surface area contributed by atoms with E-state index in [4.69, 9.17) is 5.73 Å². The molecule has 7 nitrogen and oxygen atoms in total. The first kappa shape index (κ1) is 10.6. The molecule has 3 N–H and O–H groups in total. The first-order valence-electron chi connectivity index (χ1n) is 4.92. The molecule has 0 bridgehead atoms. The van der Waals surface area contributed by atoms with Gasteiger partial charge < -0.3 is 15.7 Å². The topological polar surface area (TPSA) is 106 Å². The fraction of sp³-hybridized carbons (Fsp3) is 0.444. The first-order chi connectivity index (χ1) is 7.58. The SMILES string of the molecule is Nc1nc(N2CCC(O)C2)ccc1[N+](=O)[O-]. The molecule has 86 valence electrons. The third kappa shape index (κ3) is 1.89. The smallest absolute Gasteiger partial charge is 0.311 e. The molecule has 1 fully saturated rings. The van der Waals surface area contributed by atoms with E-state index >= 15 is 0 Å². The van der Waals surface area contributed by atoms with Gasteiger partial charge in [0.05, 0.1) is 11.0 Å². The molecule has 2 rings (SSSR count). The second-order valence-electron chi connectivity index (χ2n) is 3.72. The van der Waals surface area contributed by atoms with Crippen molar-refractivity contribution >= 4 is 17.3 Å². The van der Waals surface area contributed by atoms with Crippen LogP contribution in [-0.4, -0.2) is 34.2 Å². The van der Waals surface area contributed by atoms with Crippen molar-refractivity contribution < 1.29 is 10.0 Å². The summed E-state index contributed by atoms with van der Waals surface area (Å²) in [6.07, 6.45) is 0.316. The van der Waals surface area contributed by atoms with E-state index in [0.29, 0.717) is 25.3 Å². The normalized spacial score (nSPS) is 20.1. The third-order valence-corrected chi connectivity index (χ3v) is 2.57. The van der Waals surface area contributed by atoms with Crippen LogP contribution >= 0.6 is 0 Å². The van der Waals surface area contributed by atoms with Crippen LogP contribution in [0.2, 0.25) is 0 Å². The van der Waals surface area contributed by atoms with Crippen LogP contribution < -0.4 is 10.6 Å². The van der Waals surface area contributed by atoms with Crippen molar-refractivity contribution in [3.8, 4) is 0 Å². The molecule has 7 heteroatoms. The number of rotatable bonds is 2. The summed E-state index contributed by atoms with van der Waals surface area (Å²) in [5, 5.41) is 19.9. The summed E-state index contributed by atoms with van der Waals surface area (Å²) in [5.74, 6) is 0.475. The molecule has 0 radical (unpaired) electrons. The Morgan fingerprint density at radius 2 is 2.38 bits per heavy atom. The maximum absolute atomic E-state index is 10.5. The molecule has 0 saturated carbocycles. The number of β-amino-alcohol motifs (C(OH)–C–C–N with tert-alkyl or cyclic N) is 1. The lowest BCUT2D eigenvalue weighted by Gasteiger charge is -2.16. The predicted molar refractivity (Wildman–Crippen MR) is 58.1 cm³/mol. The van der Waals surface area contributed by atoms with Gasteiger partial charge in [0.15, 0.2) is 0 Å². The number of nitrogens with zero attached hydrogens (tertiary/aromatic N) is 3. The van der Waals surface area contributed by atoms with Gasteiger partial charge in [0, 0.05) is 19.2 Å². The lowest BCUT2D eigenvalue weighted by molar-refractivity contribution is -0.384. The fourth-order valence-electron chi connectivity index (χ4n) is 1.74. The number of nitro groups is 1. The monoisotopic (exact) mass is 224 g/mol. The van der Waals surface area contributed by atoms with E-state index in [-0.39, 0.29) is 17.6 Å². The molecule has 0 aliphatic carbocycles. The minimum atomic E-state index is -0.565. The summed E-state index contributed by atoms with van der Waals surface area (Å²) in [5.41, 5.74) is 5.29. The Labute approximate surface area is 91.7 Å². The average molecular weight is 224 g/mol. The Morgan fingerprint density at radius 3 is 2.88 bits per heavy atom. The highest BCUT2D eigenvalue weighted by atomic mass is 16.6. The standard InChI is InChI=1S/C9H12N4O3/c10-9-7(13(15)16)1-2-8(11-9)12-4-3-6(14)5-12/h1-2,6,14H,3-5H2,(H2,10,11). The zero-order chi connectivity index (χ0) is 11.7. The Bertz CT molecular complexity index is 423. The highest BCUT2D eigenvalue weighted by molar-refractivity contribution is 5.58. The zero-order valence-electron chi connectivity index (χ0n) is 8.54. The number of anilines is 2. The Kier molecular flexibility index (Phi) is 2.61. The number of aliphatic hydroxyl groups is 1. The highest BCUT2D eigenvalue weighted by Gasteiger charge is 2.23. The van der Waals surface area contributed by atoms with E-state index < -0.39 is 4.92 Å². The summed E-state index contributed by atoms with van der Waals surface area (Å²) in [6.45, 7) is 1.18. The van der Waals surface area contributed by atoms with Gasteiger partial charge in [0.1, 0.15) is 5.82 Å². The molecule has 1 atom stereocenters. The van der Waals surface area contributed by atoms with Gasteiger partial charge in [-0.3, -0.25) is 10.1 Å². The Balaban J connectivity index is 2.24. The van der Waals surface area contributed by atoms with Crippen LogP contribution in [-0.2, 0) is 0 Å². The zero-order valence-corrected chi connectivity index (χ0v) is 8.54. The van der Waals surface area contributed by atoms with E-state index in [1.165, 1.54) is 6.07 Å². The lowest BCUT2D eigenvalue weighted by atomic mass is 10.3. The molecule has 1 aromatic heterocycles. The van der Waals surface area contributed by atoms with Crippen molar-refractivity contribution in [2.45, 2.75) is 12.5 Å². The van der Waals surface area contributed by atoms with Gasteiger partial charge in [-0.1, -0.05) is 0 Å². The largest absolute Gasteiger partial charge is 0.391 e. The van der Waals surface area contributed by atoms with Gasteiger partial charge in [-0.15, -0.1) is 0 Å². The summed E-state index contributed by atoms with van der Waals surface area (Å²) in [6, 6.07) is 2.88. The van der Waals surface area contributed by atoms with Crippen molar-refractivity contribution in [2.75, 3.05) is 23.7 Å². The summed E-state index contributed by atoms with van der Waals surface area (Å²) in [7, 11) is 0. The van der Waals surface area contributed by atoms with Crippen LogP contribution in [0.5, 0.6) is 0 Å². The van der Waals surface area contributed by atoms with Crippen molar-refractivity contribution in [2.24, 2.45) is 0 Å². The Morgan fingerprint density at radius 1 is 1.62 bits per heavy atom. The van der Waals surface area contributed by atoms with Crippen LogP contribution in [0.15, 0.2) is 12.1 Å². The van der Waals surface area contributed by atoms with Crippen molar-refractivity contribution in [1.82, 2.24) is 4.98 Å². The summed E-state index contributed by atoms with van der Waals surface area (Å²) >= 11 is 0. The second kappa shape index (κ2) is 3.93. The maximum atomic E-state index is 10.5. The van der Waals surface area contributed by atoms with Crippen LogP contribution in [0.25, 0.3) is 0 Å². The van der Waals surface area contributed by atoms with Crippen molar-refractivity contribution in [1.29, 1.82) is 0 Å². The number of aliphatic hydroxyl groups excluding tert-OH is 1. The summed E-state index contributed by atoms with van der Waals surface area (Å²) < 4.78 is 0. The van der Waals surface area contributed by atoms with E-state index in [9.17, 15) is 15.2 Å². The average Bonchev–Trinajstić information content (AvgIpc) is 2.64. The molecular formula is C9H12N4O3. The Hall–Kier alpha value is -1.89. The van der Waals surface area contributed by atoms with Gasteiger partial charge in [-0.2, -0.15) is 0 Å². The molecule has 0 amide bonds. The molecule has 1 aromatic rings. The van der Waals surface area contributed by atoms with Gasteiger partial charge in [0.2, 0.25) is 5.82 Å². The highest BCUT2D eigenvalue weighted by Crippen LogP contribution is 2.25. The van der Waals surface area contributed by atoms with E-state index in [0.717, 1.165) is 0 Å². The number of nitrogens with two attached hydrogens (primary N) is 1. The van der Waals surface area contributed by atoms with Crippen LogP contribution in [0.1, 0.15) is 6.42 Å². The van der Waals surface area contributed by atoms with Crippen LogP contribution in [0.3, 0.4) is 0 Å². The number of pyridine rings is 1. The number of nitrogen functional groups attached to an aromatic ring is 1. The number of hydrogen-bond acceptors (Lipinski definition) is 6. The lowest BCUT2D eigenvalue weighted by Crippen LogP contribution is -2.22. The van der Waals surface area contributed by atoms with Crippen LogP contribution in [0.4, 0.5) is 17.3 Å². The first-order valence-corrected chi connectivity index (χ1v) is 4.92. The van der Waals surface area contributed by atoms with E-state index in [1.54, 1.807) is 6.07 Å². The second-order valence-corrected chi connectivity index (χ2v) is 3.72. The molecule has 0 spiro atoms. The molecule has 16 heavy (non-hydrogen) atoms. The molecule has 1 saturated heterocycles. The molecule has 1 aliphatic rings. The fourth-order valence-corrected chi connectivity index (χ4v) is 1.74. The molecule has 2 heterocycles. The minimum absolute atomic E-state index is 0.0936. The molecule has 1 unspecified atom stereocenters. The van der Waals surface area contributed by atoms with Crippen LogP contribution in [0, 0.1) is 10.1 Å². The quantitative estimate of drug-likeness (QED) is 0.547. The maximum Gasteiger partial charge on any atom is 0.311 e. The van der Waals surface area contributed by atoms with Gasteiger partial charge in [-0.05, 0) is 12.5 Å². The van der Waals surface area contributed by atoms with Gasteiger partial charge >= 0.3 is 5.69 Å². The number of aromatic nitrogens is 1. The predicted octanol–water partition coefficient (Wildman–Crippen LogP) is 0.143. The van der Waals surface area contributed by atoms with E-state index in [2.05, 4.69) is 4.98 Å². The molecule has 0 aromatic carbocycles. The number of hydrogen-bond donors (Lipinski definition) is 2. The van der Waals surface area contributed by atoms with Gasteiger partial charge in [0.25, 0.3) is 0 Å². The van der Waals surface area contributed by atoms with Crippen molar-refractivity contribution in [3.05, 3.63) is 22.2 Å². The van der Waals surface area contributed by atoms with Gasteiger partial charge in [-0.25, -0.2) is 4.98 Å².